The third-order valence-corrected chi connectivity index (χ3v) is 8.08. The van der Waals surface area contributed by atoms with Crippen molar-refractivity contribution in [3.05, 3.63) is 130 Å². The first-order chi connectivity index (χ1) is 20.5. The first-order valence-corrected chi connectivity index (χ1v) is 14.0. The maximum atomic E-state index is 14.0. The number of carbonyl (C=O) groups is 1. The zero-order valence-electron chi connectivity index (χ0n) is 23.0. The number of aromatic amines is 2. The molecule has 0 saturated carbocycles. The van der Waals surface area contributed by atoms with Crippen LogP contribution in [0.15, 0.2) is 91.0 Å². The van der Waals surface area contributed by atoms with E-state index >= 15 is 0 Å². The van der Waals surface area contributed by atoms with Gasteiger partial charge in [0, 0.05) is 22.1 Å². The molecule has 8 bridgehead atoms. The van der Waals surface area contributed by atoms with Gasteiger partial charge in [-0.15, -0.1) is 0 Å². The largest absolute Gasteiger partial charge is 0.355 e. The summed E-state index contributed by atoms with van der Waals surface area (Å²) in [6.07, 6.45) is 8.77. The summed E-state index contributed by atoms with van der Waals surface area (Å²) in [5, 5.41) is 0. The molecule has 200 valence electrons. The van der Waals surface area contributed by atoms with E-state index in [0.29, 0.717) is 16.7 Å². The molecule has 0 fully saturated rings. The van der Waals surface area contributed by atoms with Crippen LogP contribution in [0, 0.1) is 0 Å². The number of carbonyl (C=O) groups excluding carboxylic acids is 1. The smallest absolute Gasteiger partial charge is 0.190 e. The average molecular weight is 543 g/mol. The quantitative estimate of drug-likeness (QED) is 0.173. The summed E-state index contributed by atoms with van der Waals surface area (Å²) < 4.78 is 0. The van der Waals surface area contributed by atoms with E-state index in [4.69, 9.17) is 9.97 Å². The van der Waals surface area contributed by atoms with Gasteiger partial charge in [-0.25, -0.2) is 9.97 Å². The molecule has 2 aliphatic heterocycles. The molecule has 0 spiro atoms. The van der Waals surface area contributed by atoms with Crippen LogP contribution >= 0.6 is 0 Å². The van der Waals surface area contributed by atoms with E-state index in [1.807, 2.05) is 60.7 Å². The molecule has 0 unspecified atom stereocenters. The molecule has 0 atom stereocenters. The summed E-state index contributed by atoms with van der Waals surface area (Å²) in [7, 11) is 0. The molecule has 5 nitrogen and oxygen atoms in total. The molecular formula is C37H26N4O. The summed E-state index contributed by atoms with van der Waals surface area (Å²) in [6, 6.07) is 27.0. The fraction of sp³-hybridized carbons (Fsp3) is 0.0541. The Kier molecular flexibility index (Phi) is 5.34. The van der Waals surface area contributed by atoms with Gasteiger partial charge in [0.2, 0.25) is 0 Å². The van der Waals surface area contributed by atoms with Gasteiger partial charge in [-0.3, -0.25) is 4.79 Å². The number of rotatable bonds is 3. The molecule has 0 amide bonds. The third kappa shape index (κ3) is 3.98. The number of Topliss-reactive ketones (excluding diaryl/α,β-unsaturated/α-hetero) is 1. The van der Waals surface area contributed by atoms with E-state index in [1.165, 1.54) is 22.3 Å². The van der Waals surface area contributed by atoms with Crippen molar-refractivity contribution >= 4 is 52.2 Å². The van der Waals surface area contributed by atoms with Crippen LogP contribution in [0.4, 0.5) is 0 Å². The third-order valence-electron chi connectivity index (χ3n) is 8.08. The fourth-order valence-corrected chi connectivity index (χ4v) is 6.20. The van der Waals surface area contributed by atoms with Crippen LogP contribution in [-0.2, 0) is 6.42 Å². The zero-order chi connectivity index (χ0) is 28.4. The summed E-state index contributed by atoms with van der Waals surface area (Å²) in [6.45, 7) is 5.81. The number of hydrogen-bond acceptors (Lipinski definition) is 3. The maximum absolute atomic E-state index is 14.0. The summed E-state index contributed by atoms with van der Waals surface area (Å²) in [4.78, 5) is 30.7. The van der Waals surface area contributed by atoms with Crippen molar-refractivity contribution in [1.82, 2.24) is 19.9 Å². The Bertz CT molecular complexity index is 2220. The fourth-order valence-electron chi connectivity index (χ4n) is 6.20. The topological polar surface area (TPSA) is 74.4 Å². The van der Waals surface area contributed by atoms with Crippen molar-refractivity contribution in [2.24, 2.45) is 0 Å². The normalized spacial score (nSPS) is 12.8. The van der Waals surface area contributed by atoms with E-state index in [2.05, 4.69) is 59.0 Å². The minimum absolute atomic E-state index is 0.0976. The van der Waals surface area contributed by atoms with Gasteiger partial charge in [0.05, 0.1) is 33.9 Å². The number of H-pyrrole nitrogens is 2. The molecule has 2 N–H and O–H groups in total. The minimum Gasteiger partial charge on any atom is -0.355 e. The van der Waals surface area contributed by atoms with E-state index in [-0.39, 0.29) is 5.78 Å². The van der Waals surface area contributed by atoms with Crippen molar-refractivity contribution in [2.45, 2.75) is 13.3 Å². The Hall–Kier alpha value is -5.55. The van der Waals surface area contributed by atoms with Crippen molar-refractivity contribution in [3.8, 4) is 22.3 Å². The van der Waals surface area contributed by atoms with Gasteiger partial charge in [-0.1, -0.05) is 49.0 Å². The van der Waals surface area contributed by atoms with Crippen LogP contribution in [0.25, 0.3) is 68.6 Å². The van der Waals surface area contributed by atoms with Gasteiger partial charge in [0.15, 0.2) is 5.78 Å². The predicted octanol–water partition coefficient (Wildman–Crippen LogP) is 8.65. The lowest BCUT2D eigenvalue weighted by atomic mass is 9.91. The first-order valence-electron chi connectivity index (χ1n) is 14.0. The number of nitrogens with one attached hydrogen (secondary N) is 2. The van der Waals surface area contributed by atoms with E-state index in [0.717, 1.165) is 56.9 Å². The number of nitrogens with zero attached hydrogens (tertiary/aromatic N) is 2. The van der Waals surface area contributed by atoms with Crippen LogP contribution in [-0.4, -0.2) is 25.7 Å². The van der Waals surface area contributed by atoms with Crippen LogP contribution in [0.5, 0.6) is 0 Å². The van der Waals surface area contributed by atoms with Crippen LogP contribution in [0.3, 0.4) is 0 Å². The lowest BCUT2D eigenvalue weighted by Crippen LogP contribution is -2.02. The second-order valence-corrected chi connectivity index (χ2v) is 11.0. The van der Waals surface area contributed by atoms with Crippen LogP contribution < -0.4 is 0 Å². The maximum Gasteiger partial charge on any atom is 0.190 e. The van der Waals surface area contributed by atoms with Crippen LogP contribution in [0.1, 0.15) is 51.2 Å². The van der Waals surface area contributed by atoms with E-state index in [9.17, 15) is 4.79 Å². The highest BCUT2D eigenvalue weighted by atomic mass is 16.1. The predicted molar refractivity (Wildman–Crippen MR) is 172 cm³/mol. The van der Waals surface area contributed by atoms with E-state index in [1.54, 1.807) is 6.92 Å². The molecular weight excluding hydrogens is 516 g/mol. The summed E-state index contributed by atoms with van der Waals surface area (Å²) in [5.74, 6) is -0.0976. The van der Waals surface area contributed by atoms with Gasteiger partial charge >= 0.3 is 0 Å². The summed E-state index contributed by atoms with van der Waals surface area (Å²) in [5.41, 5.74) is 14.7. The molecule has 0 radical (unpaired) electrons. The second-order valence-electron chi connectivity index (χ2n) is 11.0. The van der Waals surface area contributed by atoms with Gasteiger partial charge in [0.25, 0.3) is 0 Å². The minimum atomic E-state index is -0.0976. The van der Waals surface area contributed by atoms with E-state index < -0.39 is 0 Å². The number of benzene rings is 2. The number of aromatic nitrogens is 4. The molecule has 3 aliphatic rings. The number of hydrogen-bond donors (Lipinski definition) is 2. The standard InChI is InChI=1S/C37H26N4O/c1-21(2)37(42)36-34-20-28-15-13-26(40-28)18-24-11-10-23(38-24)17-25-12-14-27(39-25)19-33(41-34)35(36)31-9-5-8-30-29-7-4-3-6-22(29)16-32(30)31/h3-15,17-20,38,41H,1,16H2,2H3. The lowest BCUT2D eigenvalue weighted by Gasteiger charge is -2.11. The Morgan fingerprint density at radius 1 is 0.690 bits per heavy atom. The van der Waals surface area contributed by atoms with Gasteiger partial charge in [-0.2, -0.15) is 0 Å². The Morgan fingerprint density at radius 2 is 1.29 bits per heavy atom. The number of ketones is 1. The molecule has 42 heavy (non-hydrogen) atoms. The highest BCUT2D eigenvalue weighted by Gasteiger charge is 2.27. The van der Waals surface area contributed by atoms with Crippen molar-refractivity contribution < 1.29 is 4.79 Å². The molecule has 5 heterocycles. The Balaban J connectivity index is 1.50. The molecule has 2 aromatic carbocycles. The summed E-state index contributed by atoms with van der Waals surface area (Å²) >= 11 is 0. The van der Waals surface area contributed by atoms with Gasteiger partial charge in [-0.05, 0) is 107 Å². The van der Waals surface area contributed by atoms with Crippen molar-refractivity contribution in [3.63, 3.8) is 0 Å². The first kappa shape index (κ1) is 24.3. The zero-order valence-corrected chi connectivity index (χ0v) is 23.0. The second kappa shape index (κ2) is 9.25. The molecule has 5 heteroatoms. The Labute approximate surface area is 242 Å². The Morgan fingerprint density at radius 3 is 1.98 bits per heavy atom. The van der Waals surface area contributed by atoms with Crippen molar-refractivity contribution in [2.75, 3.05) is 0 Å². The lowest BCUT2D eigenvalue weighted by molar-refractivity contribution is 0.103. The molecule has 0 saturated heterocycles. The highest BCUT2D eigenvalue weighted by molar-refractivity contribution is 6.20. The van der Waals surface area contributed by atoms with Crippen molar-refractivity contribution in [1.29, 1.82) is 0 Å². The highest BCUT2D eigenvalue weighted by Crippen LogP contribution is 2.44. The number of fused-ring (bicyclic) bond motifs is 11. The van der Waals surface area contributed by atoms with Crippen LogP contribution in [0.2, 0.25) is 0 Å². The van der Waals surface area contributed by atoms with Gasteiger partial charge in [0.1, 0.15) is 0 Å². The SMILES string of the molecule is C=C(C)C(=O)c1c(-c2cccc3c2Cc2ccccc2-3)c2cc3nc(cc4ccc(cc5nc(cc1[nH]2)C=C5)[nH]4)C=C3. The molecule has 3 aromatic heterocycles. The molecule has 1 aliphatic carbocycles. The molecule has 5 aromatic rings. The average Bonchev–Trinajstić information content (AvgIpc) is 3.81. The molecule has 8 rings (SSSR count). The monoisotopic (exact) mass is 542 g/mol. The van der Waals surface area contributed by atoms with Gasteiger partial charge < -0.3 is 9.97 Å². The number of allylic oxidation sites excluding steroid dienone is 1.